The highest BCUT2D eigenvalue weighted by atomic mass is 16.7. The Kier molecular flexibility index (Phi) is 7.37. The minimum absolute atomic E-state index is 0.182. The third-order valence-electron chi connectivity index (χ3n) is 6.33. The van der Waals surface area contributed by atoms with E-state index < -0.39 is 6.29 Å². The van der Waals surface area contributed by atoms with Crippen LogP contribution in [0.25, 0.3) is 22.5 Å². The molecule has 2 fully saturated rings. The van der Waals surface area contributed by atoms with Gasteiger partial charge in [-0.3, -0.25) is 4.90 Å². The number of hydrogen-bond acceptors (Lipinski definition) is 6. The van der Waals surface area contributed by atoms with E-state index >= 15 is 0 Å². The maximum Gasteiger partial charge on any atom is 0.217 e. The third kappa shape index (κ3) is 5.56. The summed E-state index contributed by atoms with van der Waals surface area (Å²) < 4.78 is 23.7. The molecule has 180 valence electrons. The molecule has 3 aromatic rings. The summed E-state index contributed by atoms with van der Waals surface area (Å²) in [6, 6.07) is 20.4. The number of imidazole rings is 1. The van der Waals surface area contributed by atoms with Crippen LogP contribution in [0.1, 0.15) is 19.0 Å². The standard InChI is InChI=1S/C27H33N3O4/c1-27(18-32-17-14-30-12-15-31-16-13-30)19-33-26(34-20-27)25-28-23(21-8-4-2-5-9-21)24(29-25)22-10-6-3-7-11-22/h2-11,26H,12-20H2,1H3,(H,28,29). The van der Waals surface area contributed by atoms with E-state index in [9.17, 15) is 0 Å². The predicted octanol–water partition coefficient (Wildman–Crippen LogP) is 4.14. The van der Waals surface area contributed by atoms with Crippen molar-refractivity contribution < 1.29 is 18.9 Å². The average molecular weight is 464 g/mol. The molecule has 2 aliphatic heterocycles. The summed E-state index contributed by atoms with van der Waals surface area (Å²) in [4.78, 5) is 10.8. The predicted molar refractivity (Wildman–Crippen MR) is 130 cm³/mol. The van der Waals surface area contributed by atoms with Crippen molar-refractivity contribution in [2.45, 2.75) is 13.2 Å². The van der Waals surface area contributed by atoms with E-state index in [1.54, 1.807) is 0 Å². The zero-order valence-electron chi connectivity index (χ0n) is 19.7. The maximum absolute atomic E-state index is 6.14. The molecule has 7 heteroatoms. The molecule has 0 spiro atoms. The number of nitrogens with zero attached hydrogens (tertiary/aromatic N) is 2. The second-order valence-electron chi connectivity index (χ2n) is 9.35. The smallest absolute Gasteiger partial charge is 0.217 e. The van der Waals surface area contributed by atoms with Crippen LogP contribution < -0.4 is 0 Å². The number of aromatic amines is 1. The van der Waals surface area contributed by atoms with Crippen molar-refractivity contribution in [3.05, 3.63) is 66.5 Å². The normalized spacial score (nSPS) is 23.7. The van der Waals surface area contributed by atoms with Crippen LogP contribution in [0.4, 0.5) is 0 Å². The molecule has 1 aromatic heterocycles. The Hall–Kier alpha value is -2.55. The van der Waals surface area contributed by atoms with E-state index in [0.29, 0.717) is 32.3 Å². The summed E-state index contributed by atoms with van der Waals surface area (Å²) >= 11 is 0. The number of aromatic nitrogens is 2. The largest absolute Gasteiger partial charge is 0.379 e. The van der Waals surface area contributed by atoms with E-state index in [4.69, 9.17) is 23.9 Å². The summed E-state index contributed by atoms with van der Waals surface area (Å²) in [5.41, 5.74) is 3.81. The van der Waals surface area contributed by atoms with Crippen LogP contribution in [0, 0.1) is 5.41 Å². The van der Waals surface area contributed by atoms with E-state index in [2.05, 4.69) is 41.1 Å². The van der Waals surface area contributed by atoms with Crippen molar-refractivity contribution >= 4 is 0 Å². The van der Waals surface area contributed by atoms with Crippen LogP contribution in [0.2, 0.25) is 0 Å². The molecule has 1 N–H and O–H groups in total. The van der Waals surface area contributed by atoms with Crippen molar-refractivity contribution in [3.8, 4) is 22.5 Å². The molecule has 34 heavy (non-hydrogen) atoms. The van der Waals surface area contributed by atoms with Crippen molar-refractivity contribution in [2.24, 2.45) is 5.41 Å². The van der Waals surface area contributed by atoms with E-state index in [0.717, 1.165) is 55.4 Å². The van der Waals surface area contributed by atoms with Crippen molar-refractivity contribution in [3.63, 3.8) is 0 Å². The van der Waals surface area contributed by atoms with Gasteiger partial charge in [0.25, 0.3) is 0 Å². The molecule has 2 aliphatic rings. The molecule has 5 rings (SSSR count). The highest BCUT2D eigenvalue weighted by molar-refractivity contribution is 5.78. The lowest BCUT2D eigenvalue weighted by Crippen LogP contribution is -2.42. The molecule has 7 nitrogen and oxygen atoms in total. The van der Waals surface area contributed by atoms with Gasteiger partial charge in [-0.25, -0.2) is 4.98 Å². The summed E-state index contributed by atoms with van der Waals surface area (Å²) in [5.74, 6) is 0.688. The Morgan fingerprint density at radius 1 is 0.971 bits per heavy atom. The van der Waals surface area contributed by atoms with Crippen molar-refractivity contribution in [1.29, 1.82) is 0 Å². The first kappa shape index (κ1) is 23.2. The summed E-state index contributed by atoms with van der Waals surface area (Å²) in [6.07, 6.45) is -0.527. The van der Waals surface area contributed by atoms with Gasteiger partial charge in [-0.05, 0) is 0 Å². The first-order valence-corrected chi connectivity index (χ1v) is 12.0. The van der Waals surface area contributed by atoms with Crippen LogP contribution >= 0.6 is 0 Å². The number of ether oxygens (including phenoxy) is 4. The summed E-state index contributed by atoms with van der Waals surface area (Å²) in [7, 11) is 0. The quantitative estimate of drug-likeness (QED) is 0.507. The van der Waals surface area contributed by atoms with Crippen LogP contribution in [0.5, 0.6) is 0 Å². The number of nitrogens with one attached hydrogen (secondary N) is 1. The number of rotatable bonds is 8. The van der Waals surface area contributed by atoms with Crippen molar-refractivity contribution in [1.82, 2.24) is 14.9 Å². The Bertz CT molecular complexity index is 970. The Morgan fingerprint density at radius 2 is 1.62 bits per heavy atom. The fourth-order valence-electron chi connectivity index (χ4n) is 4.34. The van der Waals surface area contributed by atoms with E-state index in [1.165, 1.54) is 0 Å². The Morgan fingerprint density at radius 3 is 2.29 bits per heavy atom. The Labute approximate surface area is 201 Å². The lowest BCUT2D eigenvalue weighted by Gasteiger charge is -2.36. The molecule has 0 aliphatic carbocycles. The first-order chi connectivity index (χ1) is 16.7. The van der Waals surface area contributed by atoms with Crippen LogP contribution in [-0.4, -0.2) is 74.1 Å². The second-order valence-corrected chi connectivity index (χ2v) is 9.35. The highest BCUT2D eigenvalue weighted by Crippen LogP contribution is 2.35. The number of hydrogen-bond donors (Lipinski definition) is 1. The third-order valence-corrected chi connectivity index (χ3v) is 6.33. The van der Waals surface area contributed by atoms with Gasteiger partial charge in [0.15, 0.2) is 5.82 Å². The van der Waals surface area contributed by atoms with Gasteiger partial charge in [-0.2, -0.15) is 0 Å². The second kappa shape index (κ2) is 10.8. The molecule has 2 saturated heterocycles. The minimum Gasteiger partial charge on any atom is -0.379 e. The number of morpholine rings is 1. The lowest BCUT2D eigenvalue weighted by molar-refractivity contribution is -0.242. The molecular weight excluding hydrogens is 430 g/mol. The summed E-state index contributed by atoms with van der Waals surface area (Å²) in [6.45, 7) is 9.07. The fourth-order valence-corrected chi connectivity index (χ4v) is 4.34. The van der Waals surface area contributed by atoms with Gasteiger partial charge in [0.1, 0.15) is 0 Å². The molecule has 3 heterocycles. The van der Waals surface area contributed by atoms with Gasteiger partial charge in [-0.1, -0.05) is 67.6 Å². The molecule has 0 unspecified atom stereocenters. The van der Waals surface area contributed by atoms with Gasteiger partial charge < -0.3 is 23.9 Å². The highest BCUT2D eigenvalue weighted by Gasteiger charge is 2.35. The lowest BCUT2D eigenvalue weighted by atomic mass is 9.93. The molecule has 0 radical (unpaired) electrons. The molecule has 2 aromatic carbocycles. The molecular formula is C27H33N3O4. The van der Waals surface area contributed by atoms with Crippen LogP contribution in [0.3, 0.4) is 0 Å². The first-order valence-electron chi connectivity index (χ1n) is 12.0. The zero-order valence-corrected chi connectivity index (χ0v) is 19.7. The molecule has 0 saturated carbocycles. The van der Waals surface area contributed by atoms with Crippen LogP contribution in [-0.2, 0) is 18.9 Å². The van der Waals surface area contributed by atoms with E-state index in [1.807, 2.05) is 36.4 Å². The summed E-state index contributed by atoms with van der Waals surface area (Å²) in [5, 5.41) is 0. The average Bonchev–Trinajstić information content (AvgIpc) is 3.34. The van der Waals surface area contributed by atoms with Gasteiger partial charge in [-0.15, -0.1) is 0 Å². The van der Waals surface area contributed by atoms with Gasteiger partial charge in [0, 0.05) is 36.2 Å². The zero-order chi connectivity index (χ0) is 23.2. The monoisotopic (exact) mass is 463 g/mol. The Balaban J connectivity index is 1.22. The fraction of sp³-hybridized carbons (Fsp3) is 0.444. The van der Waals surface area contributed by atoms with Gasteiger partial charge in [0.05, 0.1) is 51.0 Å². The van der Waals surface area contributed by atoms with Gasteiger partial charge in [0.2, 0.25) is 6.29 Å². The molecule has 0 bridgehead atoms. The van der Waals surface area contributed by atoms with E-state index in [-0.39, 0.29) is 5.41 Å². The molecule has 0 amide bonds. The van der Waals surface area contributed by atoms with Gasteiger partial charge >= 0.3 is 0 Å². The van der Waals surface area contributed by atoms with Crippen molar-refractivity contribution in [2.75, 3.05) is 59.3 Å². The van der Waals surface area contributed by atoms with Crippen LogP contribution in [0.15, 0.2) is 60.7 Å². The number of benzene rings is 2. The minimum atomic E-state index is -0.527. The number of H-pyrrole nitrogens is 1. The molecule has 0 atom stereocenters. The SMILES string of the molecule is CC1(COCCN2CCOCC2)COC(c2nc(-c3ccccc3)c(-c3ccccc3)[nH]2)OC1. The topological polar surface area (TPSA) is 68.8 Å². The maximum atomic E-state index is 6.14.